The van der Waals surface area contributed by atoms with Crippen LogP contribution in [0.1, 0.15) is 18.9 Å². The Morgan fingerprint density at radius 1 is 1.10 bits per heavy atom. The van der Waals surface area contributed by atoms with Gasteiger partial charge < -0.3 is 10.1 Å². The van der Waals surface area contributed by atoms with Crippen molar-refractivity contribution in [1.82, 2.24) is 5.32 Å². The lowest BCUT2D eigenvalue weighted by atomic mass is 9.99. The minimum Gasteiger partial charge on any atom is -0.497 e. The van der Waals surface area contributed by atoms with Gasteiger partial charge >= 0.3 is 0 Å². The molecule has 0 bridgehead atoms. The van der Waals surface area contributed by atoms with Gasteiger partial charge in [0.15, 0.2) is 0 Å². The molecule has 106 valence electrons. The van der Waals surface area contributed by atoms with Crippen LogP contribution in [0, 0.1) is 5.82 Å². The van der Waals surface area contributed by atoms with E-state index in [4.69, 9.17) is 4.74 Å². The molecule has 0 aliphatic rings. The lowest BCUT2D eigenvalue weighted by Crippen LogP contribution is -2.14. The smallest absolute Gasteiger partial charge is 0.123 e. The third-order valence-corrected chi connectivity index (χ3v) is 3.21. The molecule has 0 atom stereocenters. The van der Waals surface area contributed by atoms with E-state index in [9.17, 15) is 4.39 Å². The number of hydrogen-bond acceptors (Lipinski definition) is 2. The molecular weight excluding hydrogens is 253 g/mol. The van der Waals surface area contributed by atoms with Crippen LogP contribution in [0.2, 0.25) is 0 Å². The monoisotopic (exact) mass is 273 g/mol. The molecule has 1 N–H and O–H groups in total. The number of ether oxygens (including phenoxy) is 1. The molecular formula is C17H20FNO. The summed E-state index contributed by atoms with van der Waals surface area (Å²) < 4.78 is 18.6. The topological polar surface area (TPSA) is 21.3 Å². The van der Waals surface area contributed by atoms with E-state index in [0.29, 0.717) is 6.54 Å². The normalized spacial score (nSPS) is 10.6. The summed E-state index contributed by atoms with van der Waals surface area (Å²) in [6.07, 6.45) is 1.06. The van der Waals surface area contributed by atoms with E-state index in [1.807, 2.05) is 30.3 Å². The molecule has 20 heavy (non-hydrogen) atoms. The van der Waals surface area contributed by atoms with Crippen LogP contribution in [0.15, 0.2) is 42.5 Å². The fraction of sp³-hybridized carbons (Fsp3) is 0.294. The average Bonchev–Trinajstić information content (AvgIpc) is 2.48. The van der Waals surface area contributed by atoms with Gasteiger partial charge in [0.1, 0.15) is 11.6 Å². The van der Waals surface area contributed by atoms with Crippen molar-refractivity contribution in [2.45, 2.75) is 19.9 Å². The zero-order chi connectivity index (χ0) is 14.4. The van der Waals surface area contributed by atoms with Crippen molar-refractivity contribution in [3.05, 3.63) is 53.8 Å². The van der Waals surface area contributed by atoms with Gasteiger partial charge in [0.25, 0.3) is 0 Å². The van der Waals surface area contributed by atoms with E-state index in [1.54, 1.807) is 13.2 Å². The van der Waals surface area contributed by atoms with Crippen LogP contribution in [-0.2, 0) is 6.54 Å². The molecule has 0 saturated heterocycles. The molecule has 2 rings (SSSR count). The van der Waals surface area contributed by atoms with Crippen molar-refractivity contribution in [3.63, 3.8) is 0 Å². The molecule has 0 spiro atoms. The Labute approximate surface area is 119 Å². The first kappa shape index (κ1) is 14.5. The van der Waals surface area contributed by atoms with Crippen molar-refractivity contribution in [3.8, 4) is 16.9 Å². The average molecular weight is 273 g/mol. The van der Waals surface area contributed by atoms with Crippen LogP contribution in [0.3, 0.4) is 0 Å². The molecule has 0 aliphatic carbocycles. The zero-order valence-electron chi connectivity index (χ0n) is 11.9. The van der Waals surface area contributed by atoms with E-state index in [-0.39, 0.29) is 5.82 Å². The molecule has 0 aliphatic heterocycles. The molecule has 2 nitrogen and oxygen atoms in total. The highest BCUT2D eigenvalue weighted by molar-refractivity contribution is 5.68. The highest BCUT2D eigenvalue weighted by Crippen LogP contribution is 2.26. The van der Waals surface area contributed by atoms with Crippen LogP contribution >= 0.6 is 0 Å². The molecule has 0 aromatic heterocycles. The third kappa shape index (κ3) is 3.58. The number of nitrogens with one attached hydrogen (secondary N) is 1. The Bertz CT molecular complexity index is 551. The van der Waals surface area contributed by atoms with E-state index >= 15 is 0 Å². The summed E-state index contributed by atoms with van der Waals surface area (Å²) in [5, 5.41) is 3.32. The second kappa shape index (κ2) is 7.06. The number of hydrogen-bond donors (Lipinski definition) is 1. The van der Waals surface area contributed by atoms with Crippen LogP contribution in [0.4, 0.5) is 4.39 Å². The number of halogens is 1. The number of methoxy groups -OCH3 is 1. The van der Waals surface area contributed by atoms with Gasteiger partial charge in [-0.3, -0.25) is 0 Å². The van der Waals surface area contributed by atoms with Gasteiger partial charge in [-0.2, -0.15) is 0 Å². The molecule has 2 aromatic carbocycles. The van der Waals surface area contributed by atoms with Crippen molar-refractivity contribution in [2.24, 2.45) is 0 Å². The van der Waals surface area contributed by atoms with Crippen molar-refractivity contribution < 1.29 is 9.13 Å². The summed E-state index contributed by atoms with van der Waals surface area (Å²) in [6.45, 7) is 3.72. The highest BCUT2D eigenvalue weighted by Gasteiger charge is 2.06. The fourth-order valence-electron chi connectivity index (χ4n) is 2.16. The largest absolute Gasteiger partial charge is 0.497 e. The molecule has 0 unspecified atom stereocenters. The van der Waals surface area contributed by atoms with Crippen molar-refractivity contribution in [2.75, 3.05) is 13.7 Å². The first-order valence-corrected chi connectivity index (χ1v) is 6.88. The Morgan fingerprint density at radius 3 is 2.50 bits per heavy atom. The van der Waals surface area contributed by atoms with E-state index < -0.39 is 0 Å². The first-order valence-electron chi connectivity index (χ1n) is 6.88. The highest BCUT2D eigenvalue weighted by atomic mass is 19.1. The van der Waals surface area contributed by atoms with Gasteiger partial charge in [-0.15, -0.1) is 0 Å². The Hall–Kier alpha value is -1.87. The number of rotatable bonds is 6. The minimum atomic E-state index is -0.199. The Morgan fingerprint density at radius 2 is 1.85 bits per heavy atom. The van der Waals surface area contributed by atoms with Gasteiger partial charge in [-0.05, 0) is 53.9 Å². The third-order valence-electron chi connectivity index (χ3n) is 3.21. The number of benzene rings is 2. The second-order valence-electron chi connectivity index (χ2n) is 4.71. The quantitative estimate of drug-likeness (QED) is 0.803. The summed E-state index contributed by atoms with van der Waals surface area (Å²) in [4.78, 5) is 0. The summed E-state index contributed by atoms with van der Waals surface area (Å²) in [7, 11) is 1.65. The fourth-order valence-corrected chi connectivity index (χ4v) is 2.16. The van der Waals surface area contributed by atoms with Crippen LogP contribution in [-0.4, -0.2) is 13.7 Å². The predicted molar refractivity (Wildman–Crippen MR) is 80.4 cm³/mol. The molecule has 0 saturated carbocycles. The van der Waals surface area contributed by atoms with Crippen LogP contribution in [0.5, 0.6) is 5.75 Å². The minimum absolute atomic E-state index is 0.199. The zero-order valence-corrected chi connectivity index (χ0v) is 11.9. The van der Waals surface area contributed by atoms with E-state index in [2.05, 4.69) is 12.2 Å². The standard InChI is InChI=1S/C17H20FNO/c1-3-10-19-12-14-11-15(18)6-9-17(14)13-4-7-16(20-2)8-5-13/h4-9,11,19H,3,10,12H2,1-2H3. The van der Waals surface area contributed by atoms with Gasteiger partial charge in [0.05, 0.1) is 7.11 Å². The van der Waals surface area contributed by atoms with E-state index in [0.717, 1.165) is 35.4 Å². The van der Waals surface area contributed by atoms with Gasteiger partial charge in [-0.1, -0.05) is 25.1 Å². The maximum absolute atomic E-state index is 13.4. The summed E-state index contributed by atoms with van der Waals surface area (Å²) >= 11 is 0. The van der Waals surface area contributed by atoms with Gasteiger partial charge in [-0.25, -0.2) is 4.39 Å². The summed E-state index contributed by atoms with van der Waals surface area (Å²) in [5.74, 6) is 0.622. The molecule has 3 heteroatoms. The maximum Gasteiger partial charge on any atom is 0.123 e. The van der Waals surface area contributed by atoms with Crippen molar-refractivity contribution >= 4 is 0 Å². The lowest BCUT2D eigenvalue weighted by molar-refractivity contribution is 0.415. The second-order valence-corrected chi connectivity index (χ2v) is 4.71. The Kier molecular flexibility index (Phi) is 5.13. The molecule has 0 radical (unpaired) electrons. The molecule has 0 fully saturated rings. The maximum atomic E-state index is 13.4. The predicted octanol–water partition coefficient (Wildman–Crippen LogP) is 4.00. The molecule has 0 heterocycles. The lowest BCUT2D eigenvalue weighted by Gasteiger charge is -2.11. The molecule has 0 amide bonds. The van der Waals surface area contributed by atoms with Gasteiger partial charge in [0.2, 0.25) is 0 Å². The van der Waals surface area contributed by atoms with Crippen molar-refractivity contribution in [1.29, 1.82) is 0 Å². The Balaban J connectivity index is 2.28. The van der Waals surface area contributed by atoms with E-state index in [1.165, 1.54) is 6.07 Å². The summed E-state index contributed by atoms with van der Waals surface area (Å²) in [5.41, 5.74) is 3.10. The van der Waals surface area contributed by atoms with Gasteiger partial charge in [0, 0.05) is 6.54 Å². The molecule has 2 aromatic rings. The SMILES string of the molecule is CCCNCc1cc(F)ccc1-c1ccc(OC)cc1. The first-order chi connectivity index (χ1) is 9.74. The van der Waals surface area contributed by atoms with Crippen LogP contribution < -0.4 is 10.1 Å². The summed E-state index contributed by atoms with van der Waals surface area (Å²) in [6, 6.07) is 12.8. The van der Waals surface area contributed by atoms with Crippen LogP contribution in [0.25, 0.3) is 11.1 Å².